The number of aliphatic hydroxyl groups excluding tert-OH is 1. The number of anilines is 1. The Hall–Kier alpha value is -3.37. The molecule has 1 heterocycles. The van der Waals surface area contributed by atoms with Gasteiger partial charge in [0, 0.05) is 39.9 Å². The summed E-state index contributed by atoms with van der Waals surface area (Å²) in [5.74, 6) is -2.78. The molecular weight excluding hydrogens is 456 g/mol. The summed E-state index contributed by atoms with van der Waals surface area (Å²) < 4.78 is 26.6. The van der Waals surface area contributed by atoms with Gasteiger partial charge in [0.1, 0.15) is 0 Å². The number of nitro benzene ring substituents is 1. The predicted octanol–water partition coefficient (Wildman–Crippen LogP) is 5.83. The number of pyridine rings is 1. The van der Waals surface area contributed by atoms with Gasteiger partial charge in [-0.3, -0.25) is 10.1 Å². The van der Waals surface area contributed by atoms with Gasteiger partial charge < -0.3 is 10.4 Å². The summed E-state index contributed by atoms with van der Waals surface area (Å²) in [6, 6.07) is 15.9. The van der Waals surface area contributed by atoms with Crippen LogP contribution in [0.3, 0.4) is 0 Å². The lowest BCUT2D eigenvalue weighted by atomic mass is 10.1. The van der Waals surface area contributed by atoms with Crippen LogP contribution in [0.5, 0.6) is 0 Å². The normalized spacial score (nSPS) is 11.8. The van der Waals surface area contributed by atoms with Crippen LogP contribution < -0.4 is 9.88 Å². The minimum Gasteiger partial charge on any atom is -0.502 e. The van der Waals surface area contributed by atoms with Crippen LogP contribution in [0.4, 0.5) is 20.2 Å². The van der Waals surface area contributed by atoms with Gasteiger partial charge in [-0.1, -0.05) is 42.2 Å². The third-order valence-corrected chi connectivity index (χ3v) is 5.45. The highest BCUT2D eigenvalue weighted by Crippen LogP contribution is 2.28. The zero-order valence-electron chi connectivity index (χ0n) is 16.7. The Balaban J connectivity index is 2.00. The van der Waals surface area contributed by atoms with E-state index >= 15 is 0 Å². The summed E-state index contributed by atoms with van der Waals surface area (Å²) >= 11 is 5.95. The van der Waals surface area contributed by atoms with Crippen molar-refractivity contribution in [2.24, 2.45) is 0 Å². The maximum Gasteiger partial charge on any atom is 0.288 e. The summed E-state index contributed by atoms with van der Waals surface area (Å²) in [6.07, 6.45) is 3.34. The lowest BCUT2D eigenvalue weighted by Crippen LogP contribution is -2.38. The molecule has 2 N–H and O–H groups in total. The number of nitro groups is 1. The molecule has 10 heteroatoms. The number of aryl methyl sites for hydroxylation is 1. The topological polar surface area (TPSA) is 79.3 Å². The summed E-state index contributed by atoms with van der Waals surface area (Å²) in [4.78, 5) is 11.3. The minimum absolute atomic E-state index is 0.127. The summed E-state index contributed by atoms with van der Waals surface area (Å²) in [5, 5.41) is 25.3. The van der Waals surface area contributed by atoms with Crippen LogP contribution in [0, 0.1) is 17.0 Å². The second-order valence-electron chi connectivity index (χ2n) is 6.60. The maximum absolute atomic E-state index is 12.5. The summed E-state index contributed by atoms with van der Waals surface area (Å²) in [5.41, 5.74) is 1.29. The van der Waals surface area contributed by atoms with Crippen LogP contribution in [0.25, 0.3) is 11.5 Å². The molecule has 0 atom stereocenters. The van der Waals surface area contributed by atoms with Crippen LogP contribution in [-0.2, 0) is 0 Å². The van der Waals surface area contributed by atoms with Gasteiger partial charge in [-0.25, -0.2) is 0 Å². The van der Waals surface area contributed by atoms with E-state index in [-0.39, 0.29) is 27.7 Å². The minimum atomic E-state index is -2.52. The average Bonchev–Trinajstić information content (AvgIpc) is 2.75. The van der Waals surface area contributed by atoms with Gasteiger partial charge in [0.25, 0.3) is 17.1 Å². The Morgan fingerprint density at radius 1 is 1.16 bits per heavy atom. The second-order valence-corrected chi connectivity index (χ2v) is 8.07. The van der Waals surface area contributed by atoms with Crippen LogP contribution in [0.2, 0.25) is 0 Å². The quantitative estimate of drug-likeness (QED) is 0.0853. The van der Waals surface area contributed by atoms with E-state index < -0.39 is 10.7 Å². The highest BCUT2D eigenvalue weighted by atomic mass is 32.2. The number of aliphatic hydroxyl groups is 1. The number of nitrogens with zero attached hydrogens (tertiary/aromatic N) is 2. The van der Waals surface area contributed by atoms with E-state index in [1.165, 1.54) is 18.2 Å². The fourth-order valence-corrected chi connectivity index (χ4v) is 3.71. The van der Waals surface area contributed by atoms with Gasteiger partial charge >= 0.3 is 0 Å². The fraction of sp³-hybridized carbons (Fsp3) is 0.0909. The molecule has 3 aromatic rings. The standard InChI is InChI=1S/C22H17F2N3O3S2/c1-14-5-6-15(13-18(14)27(29)30)20(28)19(26-11-3-2-4-12-26)21(31)25-16-7-9-17(10-8-16)32-22(23)24/h2-13,22H,1H3,(H-,25,28,31)/p+1. The number of alkyl halides is 2. The van der Waals surface area contributed by atoms with Gasteiger partial charge in [-0.15, -0.1) is 0 Å². The van der Waals surface area contributed by atoms with Crippen molar-refractivity contribution in [2.45, 2.75) is 17.6 Å². The van der Waals surface area contributed by atoms with Gasteiger partial charge in [0.2, 0.25) is 0 Å². The zero-order valence-corrected chi connectivity index (χ0v) is 18.4. The highest BCUT2D eigenvalue weighted by Gasteiger charge is 2.25. The number of aromatic nitrogens is 1. The van der Waals surface area contributed by atoms with Crippen molar-refractivity contribution < 1.29 is 23.4 Å². The number of halogens is 2. The number of rotatable bonds is 7. The molecule has 0 fully saturated rings. The second kappa shape index (κ2) is 10.3. The molecule has 0 radical (unpaired) electrons. The van der Waals surface area contributed by atoms with Crippen molar-refractivity contribution in [3.05, 3.63) is 94.3 Å². The van der Waals surface area contributed by atoms with Crippen molar-refractivity contribution in [1.29, 1.82) is 0 Å². The molecule has 0 unspecified atom stereocenters. The number of thioether (sulfide) groups is 1. The molecule has 0 saturated carbocycles. The molecule has 0 spiro atoms. The first-order valence-electron chi connectivity index (χ1n) is 9.28. The van der Waals surface area contributed by atoms with Crippen LogP contribution in [0.1, 0.15) is 11.1 Å². The van der Waals surface area contributed by atoms with Crippen LogP contribution in [-0.4, -0.2) is 20.8 Å². The Morgan fingerprint density at radius 3 is 2.41 bits per heavy atom. The van der Waals surface area contributed by atoms with Crippen molar-refractivity contribution in [2.75, 3.05) is 5.32 Å². The number of benzene rings is 2. The van der Waals surface area contributed by atoms with Crippen molar-refractivity contribution in [1.82, 2.24) is 0 Å². The number of thiocarbonyl (C=S) groups is 1. The highest BCUT2D eigenvalue weighted by molar-refractivity contribution is 7.99. The van der Waals surface area contributed by atoms with Gasteiger partial charge in [0.15, 0.2) is 23.1 Å². The molecule has 2 aromatic carbocycles. The average molecular weight is 475 g/mol. The first-order chi connectivity index (χ1) is 15.3. The molecular formula is C22H18F2N3O3S2+. The fourth-order valence-electron chi connectivity index (χ4n) is 2.89. The molecule has 0 amide bonds. The Morgan fingerprint density at radius 2 is 1.81 bits per heavy atom. The molecule has 164 valence electrons. The smallest absolute Gasteiger partial charge is 0.288 e. The lowest BCUT2D eigenvalue weighted by Gasteiger charge is -2.11. The first-order valence-corrected chi connectivity index (χ1v) is 10.6. The van der Waals surface area contributed by atoms with E-state index in [0.29, 0.717) is 27.9 Å². The largest absolute Gasteiger partial charge is 0.502 e. The van der Waals surface area contributed by atoms with E-state index in [4.69, 9.17) is 12.2 Å². The molecule has 1 aromatic heterocycles. The van der Waals surface area contributed by atoms with E-state index in [9.17, 15) is 24.0 Å². The zero-order chi connectivity index (χ0) is 23.3. The molecule has 6 nitrogen and oxygen atoms in total. The third kappa shape index (κ3) is 5.65. The van der Waals surface area contributed by atoms with Crippen molar-refractivity contribution in [3.63, 3.8) is 0 Å². The Labute approximate surface area is 192 Å². The van der Waals surface area contributed by atoms with Crippen molar-refractivity contribution in [3.8, 4) is 0 Å². The van der Waals surface area contributed by atoms with Crippen molar-refractivity contribution >= 4 is 51.8 Å². The molecule has 0 bridgehead atoms. The Bertz CT molecular complexity index is 1170. The number of nitrogens with one attached hydrogen (secondary N) is 1. The molecule has 0 saturated heterocycles. The maximum atomic E-state index is 12.5. The van der Waals surface area contributed by atoms with E-state index in [1.54, 1.807) is 66.3 Å². The van der Waals surface area contributed by atoms with Gasteiger partial charge in [-0.2, -0.15) is 13.3 Å². The molecule has 0 aliphatic carbocycles. The van der Waals surface area contributed by atoms with Gasteiger partial charge in [0.05, 0.1) is 4.92 Å². The molecule has 32 heavy (non-hydrogen) atoms. The van der Waals surface area contributed by atoms with E-state index in [2.05, 4.69) is 5.32 Å². The molecule has 0 aliphatic rings. The first kappa shape index (κ1) is 23.3. The summed E-state index contributed by atoms with van der Waals surface area (Å²) in [6.45, 7) is 1.61. The van der Waals surface area contributed by atoms with E-state index in [1.807, 2.05) is 0 Å². The number of hydrogen-bond donors (Lipinski definition) is 2. The van der Waals surface area contributed by atoms with Crippen LogP contribution >= 0.6 is 24.0 Å². The monoisotopic (exact) mass is 474 g/mol. The number of hydrogen-bond acceptors (Lipinski definition) is 5. The summed E-state index contributed by atoms with van der Waals surface area (Å²) in [7, 11) is 0. The lowest BCUT2D eigenvalue weighted by molar-refractivity contribution is -0.575. The van der Waals surface area contributed by atoms with Gasteiger partial charge in [-0.05, 0) is 31.2 Å². The third-order valence-electron chi connectivity index (χ3n) is 4.43. The predicted molar refractivity (Wildman–Crippen MR) is 125 cm³/mol. The Kier molecular flexibility index (Phi) is 7.49. The SMILES string of the molecule is Cc1ccc(C(O)=C(C(=S)Nc2ccc(SC(F)F)cc2)[n+]2ccccc2)cc1[N+](=O)[O-]. The van der Waals surface area contributed by atoms with Crippen LogP contribution in [0.15, 0.2) is 78.0 Å². The molecule has 3 rings (SSSR count). The molecule has 0 aliphatic heterocycles. The van der Waals surface area contributed by atoms with E-state index in [0.717, 1.165) is 0 Å².